The molecule has 0 unspecified atom stereocenters. The summed E-state index contributed by atoms with van der Waals surface area (Å²) in [6.07, 6.45) is 3.19. The SMILES string of the molecule is CCc1c(CC)c2cc3nc(cc4[nH]c(cc5nc(cc1[nH]2)C(C)=C5CCC(=O)OC)c1c2cccc5ccc6cccc(c6c52)c41)C(CCC(=O)OC)=C3C. The average molecular weight is 741 g/mol. The van der Waals surface area contributed by atoms with Crippen molar-refractivity contribution in [1.29, 1.82) is 0 Å². The van der Waals surface area contributed by atoms with Crippen LogP contribution in [0.1, 0.15) is 87.3 Å². The molecule has 0 spiro atoms. The Bertz CT molecular complexity index is 2830. The van der Waals surface area contributed by atoms with Gasteiger partial charge in [-0.25, -0.2) is 9.97 Å². The van der Waals surface area contributed by atoms with E-state index in [0.717, 1.165) is 102 Å². The Kier molecular flexibility index (Phi) is 8.72. The standard InChI is InChI=1S/C48H44N4O4/c1-7-29-30(8-2)38-22-36-26(4)32(18-20-44(54)56-6)40(50-36)24-42-48-34-14-10-12-28-16-15-27-11-9-13-33(45(27)46(28)34)47(48)41(52-42)23-39-31(17-19-43(53)55-5)25(3)35(49-39)21-37(29)51-38/h9-16,21-24,51-52H,7-8,17-20H2,1-6H3. The Balaban J connectivity index is 1.48. The number of aryl methyl sites for hydroxylation is 2. The average Bonchev–Trinajstić information content (AvgIpc) is 3.92. The summed E-state index contributed by atoms with van der Waals surface area (Å²) >= 11 is 0. The van der Waals surface area contributed by atoms with Gasteiger partial charge < -0.3 is 19.4 Å². The van der Waals surface area contributed by atoms with Crippen LogP contribution in [0, 0.1) is 0 Å². The van der Waals surface area contributed by atoms with Gasteiger partial charge in [-0.15, -0.1) is 0 Å². The second-order valence-electron chi connectivity index (χ2n) is 14.9. The van der Waals surface area contributed by atoms with Crippen LogP contribution in [-0.4, -0.2) is 46.1 Å². The van der Waals surface area contributed by atoms with Gasteiger partial charge in [0, 0.05) is 45.7 Å². The second-order valence-corrected chi connectivity index (χ2v) is 14.9. The number of benzene rings is 4. The molecule has 0 aliphatic carbocycles. The molecular weight excluding hydrogens is 697 g/mol. The van der Waals surface area contributed by atoms with Crippen LogP contribution in [0.3, 0.4) is 0 Å². The van der Waals surface area contributed by atoms with E-state index in [-0.39, 0.29) is 24.8 Å². The van der Waals surface area contributed by atoms with Gasteiger partial charge in [-0.1, -0.05) is 62.4 Å². The van der Waals surface area contributed by atoms with Gasteiger partial charge in [0.2, 0.25) is 0 Å². The van der Waals surface area contributed by atoms with Crippen LogP contribution in [0.5, 0.6) is 0 Å². The number of H-pyrrole nitrogens is 2. The van der Waals surface area contributed by atoms with E-state index >= 15 is 0 Å². The van der Waals surface area contributed by atoms with Crippen molar-refractivity contribution >= 4 is 99.4 Å². The number of carbonyl (C=O) groups excluding carboxylic acids is 2. The normalized spacial score (nSPS) is 13.2. The maximum Gasteiger partial charge on any atom is 0.305 e. The first-order valence-electron chi connectivity index (χ1n) is 19.5. The van der Waals surface area contributed by atoms with Crippen LogP contribution in [0.15, 0.2) is 72.8 Å². The van der Waals surface area contributed by atoms with Crippen LogP contribution in [-0.2, 0) is 31.9 Å². The molecule has 2 aliphatic heterocycles. The molecule has 0 fully saturated rings. The molecule has 0 saturated carbocycles. The minimum Gasteiger partial charge on any atom is -0.469 e. The summed E-state index contributed by atoms with van der Waals surface area (Å²) in [5.41, 5.74) is 13.9. The number of ether oxygens (including phenoxy) is 2. The zero-order valence-corrected chi connectivity index (χ0v) is 32.7. The smallest absolute Gasteiger partial charge is 0.305 e. The van der Waals surface area contributed by atoms with E-state index in [4.69, 9.17) is 19.4 Å². The minimum atomic E-state index is -0.254. The van der Waals surface area contributed by atoms with Crippen molar-refractivity contribution in [1.82, 2.24) is 19.9 Å². The van der Waals surface area contributed by atoms with Crippen molar-refractivity contribution in [2.45, 2.75) is 66.2 Å². The summed E-state index contributed by atoms with van der Waals surface area (Å²) in [6.45, 7) is 8.59. The van der Waals surface area contributed by atoms with Crippen molar-refractivity contribution in [3.05, 3.63) is 107 Å². The van der Waals surface area contributed by atoms with E-state index in [1.165, 1.54) is 46.9 Å². The molecule has 8 nitrogen and oxygen atoms in total. The molecule has 8 heteroatoms. The first-order chi connectivity index (χ1) is 27.2. The summed E-state index contributed by atoms with van der Waals surface area (Å²) in [7, 11) is 2.87. The number of aromatic amines is 2. The van der Waals surface area contributed by atoms with Gasteiger partial charge in [0.15, 0.2) is 0 Å². The van der Waals surface area contributed by atoms with Gasteiger partial charge in [0.1, 0.15) is 0 Å². The lowest BCUT2D eigenvalue weighted by atomic mass is 9.90. The molecule has 0 saturated heterocycles. The zero-order chi connectivity index (χ0) is 38.8. The third kappa shape index (κ3) is 5.57. The highest BCUT2D eigenvalue weighted by atomic mass is 16.5. The molecule has 0 atom stereocenters. The molecule has 2 N–H and O–H groups in total. The fourth-order valence-electron chi connectivity index (χ4n) is 9.17. The third-order valence-corrected chi connectivity index (χ3v) is 12.0. The number of esters is 2. The number of fused-ring (bicyclic) bond motifs is 13. The van der Waals surface area contributed by atoms with Crippen molar-refractivity contribution in [3.8, 4) is 0 Å². The monoisotopic (exact) mass is 740 g/mol. The largest absolute Gasteiger partial charge is 0.469 e. The molecular formula is C48H44N4O4. The summed E-state index contributed by atoms with van der Waals surface area (Å²) in [6, 6.07) is 26.1. The Labute approximate surface area is 324 Å². The quantitative estimate of drug-likeness (QED) is 0.119. The predicted octanol–water partition coefficient (Wildman–Crippen LogP) is 11.3. The van der Waals surface area contributed by atoms with Crippen LogP contribution in [0.4, 0.5) is 0 Å². The second kappa shape index (κ2) is 13.8. The number of hydrogen-bond donors (Lipinski definition) is 2. The highest BCUT2D eigenvalue weighted by Crippen LogP contribution is 2.45. The summed E-state index contributed by atoms with van der Waals surface area (Å²) in [5, 5.41) is 9.32. The summed E-state index contributed by atoms with van der Waals surface area (Å²) < 4.78 is 10.2. The van der Waals surface area contributed by atoms with Gasteiger partial charge in [0.25, 0.3) is 0 Å². The number of carbonyl (C=O) groups is 2. The number of nitrogens with zero attached hydrogens (tertiary/aromatic N) is 2. The summed E-state index contributed by atoms with van der Waals surface area (Å²) in [4.78, 5) is 43.4. The highest BCUT2D eigenvalue weighted by Gasteiger charge is 2.24. The van der Waals surface area contributed by atoms with E-state index in [2.05, 4.69) is 110 Å². The number of allylic oxidation sites excluding steroid dienone is 4. The lowest BCUT2D eigenvalue weighted by Gasteiger charge is -2.13. The van der Waals surface area contributed by atoms with Gasteiger partial charge in [-0.3, -0.25) is 9.59 Å². The predicted molar refractivity (Wildman–Crippen MR) is 228 cm³/mol. The number of hydrogen-bond acceptors (Lipinski definition) is 6. The van der Waals surface area contributed by atoms with E-state index in [1.807, 2.05) is 0 Å². The Hall–Kier alpha value is -6.28. The maximum absolute atomic E-state index is 12.5. The zero-order valence-electron chi connectivity index (χ0n) is 32.7. The van der Waals surface area contributed by atoms with Gasteiger partial charge in [-0.2, -0.15) is 0 Å². The molecule has 3 aromatic heterocycles. The topological polar surface area (TPSA) is 110 Å². The van der Waals surface area contributed by atoms with Crippen LogP contribution < -0.4 is 0 Å². The molecule has 9 rings (SSSR count). The number of aromatic nitrogens is 4. The maximum atomic E-state index is 12.5. The van der Waals surface area contributed by atoms with Gasteiger partial charge in [-0.05, 0) is 130 Å². The lowest BCUT2D eigenvalue weighted by Crippen LogP contribution is -2.00. The van der Waals surface area contributed by atoms with Crippen molar-refractivity contribution in [2.75, 3.05) is 14.2 Å². The third-order valence-electron chi connectivity index (χ3n) is 12.0. The Morgan fingerprint density at radius 3 is 1.38 bits per heavy atom. The highest BCUT2D eigenvalue weighted by molar-refractivity contribution is 6.38. The van der Waals surface area contributed by atoms with Crippen molar-refractivity contribution in [2.24, 2.45) is 0 Å². The van der Waals surface area contributed by atoms with Gasteiger partial charge >= 0.3 is 11.9 Å². The Morgan fingerprint density at radius 1 is 0.554 bits per heavy atom. The Morgan fingerprint density at radius 2 is 0.964 bits per heavy atom. The fraction of sp³-hybridized carbons (Fsp3) is 0.250. The van der Waals surface area contributed by atoms with Crippen LogP contribution in [0.25, 0.3) is 87.4 Å². The number of rotatable bonds is 8. The molecule has 4 aromatic carbocycles. The van der Waals surface area contributed by atoms with E-state index < -0.39 is 0 Å². The first kappa shape index (κ1) is 35.4. The first-order valence-corrected chi connectivity index (χ1v) is 19.5. The van der Waals surface area contributed by atoms with E-state index in [9.17, 15) is 9.59 Å². The molecule has 0 amide bonds. The molecule has 7 aromatic rings. The van der Waals surface area contributed by atoms with Crippen LogP contribution in [0.2, 0.25) is 0 Å². The lowest BCUT2D eigenvalue weighted by molar-refractivity contribution is -0.141. The molecule has 56 heavy (non-hydrogen) atoms. The minimum absolute atomic E-state index is 0.250. The van der Waals surface area contributed by atoms with Crippen molar-refractivity contribution < 1.29 is 19.1 Å². The number of methoxy groups -OCH3 is 2. The molecule has 0 radical (unpaired) electrons. The molecule has 2 aliphatic rings. The number of nitrogens with one attached hydrogen (secondary N) is 2. The van der Waals surface area contributed by atoms with Crippen molar-refractivity contribution in [3.63, 3.8) is 0 Å². The molecule has 280 valence electrons. The summed E-state index contributed by atoms with van der Waals surface area (Å²) in [5.74, 6) is -0.507. The molecule has 5 heterocycles. The molecule has 8 bridgehead atoms. The van der Waals surface area contributed by atoms with E-state index in [1.54, 1.807) is 0 Å². The fourth-order valence-corrected chi connectivity index (χ4v) is 9.17. The van der Waals surface area contributed by atoms with Crippen LogP contribution >= 0.6 is 0 Å². The van der Waals surface area contributed by atoms with Gasteiger partial charge in [0.05, 0.1) is 37.0 Å². The van der Waals surface area contributed by atoms with E-state index in [0.29, 0.717) is 12.8 Å².